The van der Waals surface area contributed by atoms with E-state index >= 15 is 0 Å². The van der Waals surface area contributed by atoms with E-state index in [1.54, 1.807) is 24.3 Å². The highest BCUT2D eigenvalue weighted by Gasteiger charge is 2.23. The van der Waals surface area contributed by atoms with Crippen molar-refractivity contribution in [1.29, 1.82) is 0 Å². The second kappa shape index (κ2) is 11.0. The summed E-state index contributed by atoms with van der Waals surface area (Å²) in [5.41, 5.74) is 1.48. The molecular formula is C23H24F2N2O5S2. The molecule has 2 N–H and O–H groups in total. The summed E-state index contributed by atoms with van der Waals surface area (Å²) < 4.78 is 87.2. The standard InChI is InChI=1S/C23H24F2N2O5S2/c1-32-22-11-10-21(33(28,29)26-14-12-17-2-6-19(24)7-3-17)16-23(22)34(30,31)27-15-13-18-4-8-20(25)9-5-18/h2-11,16,26-27H,12-15H2,1H3. The fraction of sp³-hybridized carbons (Fsp3) is 0.217. The second-order valence-electron chi connectivity index (χ2n) is 7.36. The van der Waals surface area contributed by atoms with Crippen LogP contribution in [-0.4, -0.2) is 37.0 Å². The van der Waals surface area contributed by atoms with E-state index < -0.39 is 25.9 Å². The number of methoxy groups -OCH3 is 1. The van der Waals surface area contributed by atoms with Crippen LogP contribution in [0.15, 0.2) is 76.5 Å². The van der Waals surface area contributed by atoms with Gasteiger partial charge in [0, 0.05) is 13.1 Å². The van der Waals surface area contributed by atoms with Crippen molar-refractivity contribution < 1.29 is 30.4 Å². The van der Waals surface area contributed by atoms with Gasteiger partial charge in [-0.2, -0.15) is 0 Å². The third-order valence-electron chi connectivity index (χ3n) is 4.97. The van der Waals surface area contributed by atoms with Crippen LogP contribution < -0.4 is 14.2 Å². The fourth-order valence-electron chi connectivity index (χ4n) is 3.16. The molecule has 0 atom stereocenters. The van der Waals surface area contributed by atoms with Crippen LogP contribution in [0.3, 0.4) is 0 Å². The smallest absolute Gasteiger partial charge is 0.244 e. The average molecular weight is 511 g/mol. The predicted molar refractivity (Wildman–Crippen MR) is 124 cm³/mol. The molecule has 0 spiro atoms. The Morgan fingerprint density at radius 3 is 1.65 bits per heavy atom. The first-order valence-corrected chi connectivity index (χ1v) is 13.2. The van der Waals surface area contributed by atoms with Gasteiger partial charge < -0.3 is 4.74 Å². The molecule has 7 nitrogen and oxygen atoms in total. The average Bonchev–Trinajstić information content (AvgIpc) is 2.81. The molecule has 182 valence electrons. The SMILES string of the molecule is COc1ccc(S(=O)(=O)NCCc2ccc(F)cc2)cc1S(=O)(=O)NCCc1ccc(F)cc1. The highest BCUT2D eigenvalue weighted by atomic mass is 32.2. The minimum Gasteiger partial charge on any atom is -0.495 e. The van der Waals surface area contributed by atoms with Gasteiger partial charge in [-0.25, -0.2) is 35.1 Å². The van der Waals surface area contributed by atoms with Gasteiger partial charge in [0.1, 0.15) is 22.3 Å². The Morgan fingerprint density at radius 2 is 1.18 bits per heavy atom. The van der Waals surface area contributed by atoms with Gasteiger partial charge in [0.25, 0.3) is 0 Å². The molecule has 0 unspecified atom stereocenters. The van der Waals surface area contributed by atoms with Crippen molar-refractivity contribution in [1.82, 2.24) is 9.44 Å². The number of rotatable bonds is 11. The minimum atomic E-state index is -4.11. The van der Waals surface area contributed by atoms with E-state index in [2.05, 4.69) is 9.44 Å². The number of nitrogens with one attached hydrogen (secondary N) is 2. The molecule has 3 aromatic carbocycles. The first-order chi connectivity index (χ1) is 16.1. The largest absolute Gasteiger partial charge is 0.495 e. The van der Waals surface area contributed by atoms with Crippen LogP contribution in [0.1, 0.15) is 11.1 Å². The van der Waals surface area contributed by atoms with Crippen molar-refractivity contribution in [3.05, 3.63) is 89.5 Å². The Kier molecular flexibility index (Phi) is 8.37. The van der Waals surface area contributed by atoms with Gasteiger partial charge in [-0.3, -0.25) is 0 Å². The molecule has 0 heterocycles. The molecule has 0 amide bonds. The summed E-state index contributed by atoms with van der Waals surface area (Å²) in [7, 11) is -6.85. The number of hydrogen-bond donors (Lipinski definition) is 2. The topological polar surface area (TPSA) is 102 Å². The zero-order valence-electron chi connectivity index (χ0n) is 18.3. The molecule has 0 fully saturated rings. The monoisotopic (exact) mass is 510 g/mol. The number of ether oxygens (including phenoxy) is 1. The molecule has 0 aliphatic heterocycles. The molecular weight excluding hydrogens is 486 g/mol. The lowest BCUT2D eigenvalue weighted by Gasteiger charge is -2.13. The normalized spacial score (nSPS) is 12.0. The lowest BCUT2D eigenvalue weighted by molar-refractivity contribution is 0.401. The Bertz CT molecular complexity index is 1330. The van der Waals surface area contributed by atoms with Crippen LogP contribution >= 0.6 is 0 Å². The molecule has 0 aliphatic carbocycles. The first kappa shape index (κ1) is 25.8. The third-order valence-corrected chi connectivity index (χ3v) is 7.91. The van der Waals surface area contributed by atoms with Crippen molar-refractivity contribution >= 4 is 20.0 Å². The van der Waals surface area contributed by atoms with Crippen LogP contribution in [0.2, 0.25) is 0 Å². The molecule has 0 aromatic heterocycles. The maximum Gasteiger partial charge on any atom is 0.244 e. The van der Waals surface area contributed by atoms with E-state index in [9.17, 15) is 25.6 Å². The summed E-state index contributed by atoms with van der Waals surface area (Å²) in [5.74, 6) is -0.791. The van der Waals surface area contributed by atoms with E-state index in [0.29, 0.717) is 12.8 Å². The first-order valence-electron chi connectivity index (χ1n) is 10.3. The number of hydrogen-bond acceptors (Lipinski definition) is 5. The van der Waals surface area contributed by atoms with Crippen molar-refractivity contribution in [2.24, 2.45) is 0 Å². The van der Waals surface area contributed by atoms with Gasteiger partial charge in [-0.05, 0) is 66.4 Å². The van der Waals surface area contributed by atoms with E-state index in [1.807, 2.05) is 0 Å². The van der Waals surface area contributed by atoms with Crippen molar-refractivity contribution in [3.63, 3.8) is 0 Å². The van der Waals surface area contributed by atoms with Crippen molar-refractivity contribution in [3.8, 4) is 5.75 Å². The van der Waals surface area contributed by atoms with E-state index in [0.717, 1.165) is 17.2 Å². The third kappa shape index (κ3) is 6.83. The van der Waals surface area contributed by atoms with Crippen molar-refractivity contribution in [2.75, 3.05) is 20.2 Å². The van der Waals surface area contributed by atoms with E-state index in [4.69, 9.17) is 4.74 Å². The predicted octanol–water partition coefficient (Wildman–Crippen LogP) is 3.02. The molecule has 0 aliphatic rings. The fourth-order valence-corrected chi connectivity index (χ4v) is 5.51. The molecule has 34 heavy (non-hydrogen) atoms. The number of halogens is 2. The zero-order chi connectivity index (χ0) is 24.8. The van der Waals surface area contributed by atoms with Gasteiger partial charge in [0.2, 0.25) is 20.0 Å². The van der Waals surface area contributed by atoms with Gasteiger partial charge in [0.05, 0.1) is 12.0 Å². The maximum atomic E-state index is 13.0. The number of sulfonamides is 2. The van der Waals surface area contributed by atoms with Gasteiger partial charge in [-0.15, -0.1) is 0 Å². The van der Waals surface area contributed by atoms with Gasteiger partial charge in [0.15, 0.2) is 0 Å². The molecule has 3 aromatic rings. The van der Waals surface area contributed by atoms with Crippen molar-refractivity contribution in [2.45, 2.75) is 22.6 Å². The van der Waals surface area contributed by atoms with Crippen LogP contribution in [0.25, 0.3) is 0 Å². The molecule has 0 saturated carbocycles. The summed E-state index contributed by atoms with van der Waals surface area (Å²) >= 11 is 0. The van der Waals surface area contributed by atoms with E-state index in [1.165, 1.54) is 43.5 Å². The Labute approximate surface area is 197 Å². The highest BCUT2D eigenvalue weighted by Crippen LogP contribution is 2.26. The molecule has 0 radical (unpaired) electrons. The second-order valence-corrected chi connectivity index (χ2v) is 10.9. The van der Waals surface area contributed by atoms with Gasteiger partial charge >= 0.3 is 0 Å². The summed E-state index contributed by atoms with van der Waals surface area (Å²) in [6.07, 6.45) is 0.635. The Balaban J connectivity index is 1.71. The highest BCUT2D eigenvalue weighted by molar-refractivity contribution is 7.90. The maximum absolute atomic E-state index is 13.0. The zero-order valence-corrected chi connectivity index (χ0v) is 19.9. The Morgan fingerprint density at radius 1 is 0.706 bits per heavy atom. The molecule has 0 bridgehead atoms. The lowest BCUT2D eigenvalue weighted by Crippen LogP contribution is -2.28. The lowest BCUT2D eigenvalue weighted by atomic mass is 10.1. The summed E-state index contributed by atoms with van der Waals surface area (Å²) in [4.78, 5) is -0.568. The molecule has 11 heteroatoms. The van der Waals surface area contributed by atoms with Crippen LogP contribution in [0.4, 0.5) is 8.78 Å². The van der Waals surface area contributed by atoms with E-state index in [-0.39, 0.29) is 34.4 Å². The van der Waals surface area contributed by atoms with Crippen LogP contribution in [0.5, 0.6) is 5.75 Å². The number of benzene rings is 3. The summed E-state index contributed by atoms with van der Waals surface area (Å²) in [5, 5.41) is 0. The molecule has 0 saturated heterocycles. The van der Waals surface area contributed by atoms with Gasteiger partial charge in [-0.1, -0.05) is 24.3 Å². The van der Waals surface area contributed by atoms with Crippen LogP contribution in [-0.2, 0) is 32.9 Å². The molecule has 3 rings (SSSR count). The van der Waals surface area contributed by atoms with Crippen LogP contribution in [0, 0.1) is 11.6 Å². The Hall–Kier alpha value is -2.86. The minimum absolute atomic E-state index is 0.0143. The summed E-state index contributed by atoms with van der Waals surface area (Å²) in [6, 6.07) is 14.9. The quantitative estimate of drug-likeness (QED) is 0.413. The summed E-state index contributed by atoms with van der Waals surface area (Å²) in [6.45, 7) is 0.0576.